The molecule has 1 aromatic carbocycles. The Balaban J connectivity index is 1.98. The number of pyridine rings is 1. The molecule has 2 aromatic rings. The number of esters is 1. The van der Waals surface area contributed by atoms with Crippen LogP contribution in [0, 0.1) is 0 Å². The molecule has 1 unspecified atom stereocenters. The number of carbonyl (C=O) groups excluding carboxylic acids is 1. The lowest BCUT2D eigenvalue weighted by atomic mass is 10.3. The van der Waals surface area contributed by atoms with E-state index in [4.69, 9.17) is 25.8 Å². The summed E-state index contributed by atoms with van der Waals surface area (Å²) in [6.45, 7) is 3.74. The van der Waals surface area contributed by atoms with Crippen LogP contribution in [0.25, 0.3) is 0 Å². The predicted octanol–water partition coefficient (Wildman–Crippen LogP) is 5.43. The summed E-state index contributed by atoms with van der Waals surface area (Å²) in [4.78, 5) is 14.9. The maximum absolute atomic E-state index is 12.6. The molecule has 0 fully saturated rings. The topological polar surface area (TPSA) is 57.7 Å². The summed E-state index contributed by atoms with van der Waals surface area (Å²) < 4.78 is 53.7. The second-order valence-electron chi connectivity index (χ2n) is 5.52. The number of alkyl halides is 3. The van der Waals surface area contributed by atoms with E-state index in [2.05, 4.69) is 4.98 Å². The van der Waals surface area contributed by atoms with Crippen molar-refractivity contribution in [2.24, 2.45) is 0 Å². The molecule has 2 rings (SSSR count). The molecule has 1 atom stereocenters. The molecule has 1 aromatic heterocycles. The van der Waals surface area contributed by atoms with E-state index in [0.29, 0.717) is 17.7 Å². The molecular weight excluding hydrogens is 399 g/mol. The smallest absolute Gasteiger partial charge is 0.417 e. The molecule has 28 heavy (non-hydrogen) atoms. The van der Waals surface area contributed by atoms with Crippen LogP contribution in [0.4, 0.5) is 13.2 Å². The maximum atomic E-state index is 12.6. The van der Waals surface area contributed by atoms with E-state index >= 15 is 0 Å². The van der Waals surface area contributed by atoms with Gasteiger partial charge in [0.1, 0.15) is 22.6 Å². The van der Waals surface area contributed by atoms with Gasteiger partial charge < -0.3 is 14.2 Å². The van der Waals surface area contributed by atoms with Crippen molar-refractivity contribution in [1.82, 2.24) is 4.98 Å². The van der Waals surface area contributed by atoms with Gasteiger partial charge in [0.15, 0.2) is 0 Å². The fourth-order valence-corrected chi connectivity index (χ4v) is 2.22. The maximum Gasteiger partial charge on any atom is 0.417 e. The van der Waals surface area contributed by atoms with Crippen molar-refractivity contribution in [1.29, 1.82) is 0 Å². The van der Waals surface area contributed by atoms with Crippen molar-refractivity contribution in [2.45, 2.75) is 26.1 Å². The molecule has 0 radical (unpaired) electrons. The minimum Gasteiger partial charge on any atom is -0.487 e. The summed E-state index contributed by atoms with van der Waals surface area (Å²) in [7, 11) is 0. The average Bonchev–Trinajstić information content (AvgIpc) is 2.62. The van der Waals surface area contributed by atoms with E-state index in [1.807, 2.05) is 0 Å². The van der Waals surface area contributed by atoms with Gasteiger partial charge in [0.05, 0.1) is 12.2 Å². The van der Waals surface area contributed by atoms with Gasteiger partial charge in [-0.2, -0.15) is 13.2 Å². The Bertz CT molecular complexity index is 838. The van der Waals surface area contributed by atoms with Gasteiger partial charge in [-0.1, -0.05) is 11.6 Å². The molecular formula is C19H17ClF3NO4. The van der Waals surface area contributed by atoms with Crippen LogP contribution >= 0.6 is 11.6 Å². The highest BCUT2D eigenvalue weighted by atomic mass is 35.5. The molecule has 150 valence electrons. The highest BCUT2D eigenvalue weighted by Gasteiger charge is 2.31. The highest BCUT2D eigenvalue weighted by molar-refractivity contribution is 6.31. The number of hydrogen-bond acceptors (Lipinski definition) is 5. The molecule has 0 saturated carbocycles. The number of benzene rings is 1. The van der Waals surface area contributed by atoms with Crippen molar-refractivity contribution in [3.8, 4) is 17.4 Å². The number of nitrogens with zero attached hydrogens (tertiary/aromatic N) is 1. The first-order valence-corrected chi connectivity index (χ1v) is 8.59. The molecule has 0 aliphatic carbocycles. The Hall–Kier alpha value is -2.74. The molecule has 0 N–H and O–H groups in total. The SMILES string of the molecule is CCOC(=O)/C=C/C(C)Oc1ccc(Oc2ncc(C(F)(F)F)cc2Cl)cc1. The van der Waals surface area contributed by atoms with Gasteiger partial charge in [-0.05, 0) is 50.3 Å². The third-order valence-electron chi connectivity index (χ3n) is 3.28. The number of halogens is 4. The Morgan fingerprint density at radius 3 is 2.46 bits per heavy atom. The van der Waals surface area contributed by atoms with E-state index in [9.17, 15) is 18.0 Å². The van der Waals surface area contributed by atoms with Gasteiger partial charge in [0.2, 0.25) is 5.88 Å². The quantitative estimate of drug-likeness (QED) is 0.445. The van der Waals surface area contributed by atoms with Gasteiger partial charge in [-0.15, -0.1) is 0 Å². The first-order valence-electron chi connectivity index (χ1n) is 8.21. The van der Waals surface area contributed by atoms with Crippen LogP contribution in [-0.2, 0) is 15.7 Å². The molecule has 9 heteroatoms. The van der Waals surface area contributed by atoms with Crippen LogP contribution < -0.4 is 9.47 Å². The Labute approximate surface area is 164 Å². The van der Waals surface area contributed by atoms with E-state index in [0.717, 1.165) is 6.07 Å². The normalized spacial score (nSPS) is 12.6. The Morgan fingerprint density at radius 2 is 1.89 bits per heavy atom. The lowest BCUT2D eigenvalue weighted by Gasteiger charge is -2.12. The van der Waals surface area contributed by atoms with Gasteiger partial charge in [0, 0.05) is 12.3 Å². The first-order chi connectivity index (χ1) is 13.2. The average molecular weight is 416 g/mol. The first kappa shape index (κ1) is 21.6. The van der Waals surface area contributed by atoms with E-state index in [-0.39, 0.29) is 23.6 Å². The fraction of sp³-hybridized carbons (Fsp3) is 0.263. The minimum absolute atomic E-state index is 0.144. The van der Waals surface area contributed by atoms with Crippen molar-refractivity contribution in [3.63, 3.8) is 0 Å². The molecule has 0 aliphatic heterocycles. The molecule has 1 heterocycles. The largest absolute Gasteiger partial charge is 0.487 e. The standard InChI is InChI=1S/C19H17ClF3NO4/c1-3-26-17(25)9-4-12(2)27-14-5-7-15(8-6-14)28-18-16(20)10-13(11-24-18)19(21,22)23/h4-12H,3H2,1-2H3/b9-4+. The van der Waals surface area contributed by atoms with Crippen LogP contribution in [0.1, 0.15) is 19.4 Å². The molecule has 0 saturated heterocycles. The summed E-state index contributed by atoms with van der Waals surface area (Å²) in [5.74, 6) is 0.216. The molecule has 0 amide bonds. The summed E-state index contributed by atoms with van der Waals surface area (Å²) in [5.41, 5.74) is -0.960. The Morgan fingerprint density at radius 1 is 1.25 bits per heavy atom. The van der Waals surface area contributed by atoms with Gasteiger partial charge >= 0.3 is 12.1 Å². The monoisotopic (exact) mass is 415 g/mol. The summed E-state index contributed by atoms with van der Waals surface area (Å²) in [6.07, 6.45) is -1.44. The third kappa shape index (κ3) is 6.45. The predicted molar refractivity (Wildman–Crippen MR) is 96.6 cm³/mol. The minimum atomic E-state index is -4.54. The summed E-state index contributed by atoms with van der Waals surface area (Å²) in [5, 5.41) is -0.257. The van der Waals surface area contributed by atoms with Gasteiger partial charge in [-0.25, -0.2) is 9.78 Å². The number of rotatable bonds is 7. The van der Waals surface area contributed by atoms with E-state index in [1.54, 1.807) is 44.2 Å². The van der Waals surface area contributed by atoms with Gasteiger partial charge in [-0.3, -0.25) is 0 Å². The van der Waals surface area contributed by atoms with Crippen LogP contribution in [0.2, 0.25) is 5.02 Å². The second kappa shape index (κ2) is 9.45. The van der Waals surface area contributed by atoms with Crippen molar-refractivity contribution < 1.29 is 32.2 Å². The van der Waals surface area contributed by atoms with Crippen LogP contribution in [0.5, 0.6) is 17.4 Å². The molecule has 5 nitrogen and oxygen atoms in total. The molecule has 0 bridgehead atoms. The number of carbonyl (C=O) groups is 1. The molecule has 0 aliphatic rings. The lowest BCUT2D eigenvalue weighted by Crippen LogP contribution is -2.09. The number of aromatic nitrogens is 1. The summed E-state index contributed by atoms with van der Waals surface area (Å²) >= 11 is 5.81. The number of ether oxygens (including phenoxy) is 3. The summed E-state index contributed by atoms with van der Waals surface area (Å²) in [6, 6.07) is 7.04. The highest BCUT2D eigenvalue weighted by Crippen LogP contribution is 2.34. The zero-order chi connectivity index (χ0) is 20.7. The van der Waals surface area contributed by atoms with Gasteiger partial charge in [0.25, 0.3) is 0 Å². The van der Waals surface area contributed by atoms with Crippen molar-refractivity contribution >= 4 is 17.6 Å². The second-order valence-corrected chi connectivity index (χ2v) is 5.92. The van der Waals surface area contributed by atoms with Crippen LogP contribution in [-0.4, -0.2) is 23.7 Å². The van der Waals surface area contributed by atoms with Crippen LogP contribution in [0.15, 0.2) is 48.7 Å². The van der Waals surface area contributed by atoms with Crippen LogP contribution in [0.3, 0.4) is 0 Å². The fourth-order valence-electron chi connectivity index (χ4n) is 2.01. The van der Waals surface area contributed by atoms with E-state index in [1.165, 1.54) is 6.08 Å². The Kier molecular flexibility index (Phi) is 7.28. The number of hydrogen-bond donors (Lipinski definition) is 0. The molecule has 0 spiro atoms. The zero-order valence-electron chi connectivity index (χ0n) is 15.0. The lowest BCUT2D eigenvalue weighted by molar-refractivity contribution is -0.138. The van der Waals surface area contributed by atoms with Crippen molar-refractivity contribution in [3.05, 3.63) is 59.3 Å². The van der Waals surface area contributed by atoms with E-state index < -0.39 is 17.7 Å². The third-order valence-corrected chi connectivity index (χ3v) is 3.56. The van der Waals surface area contributed by atoms with Crippen molar-refractivity contribution in [2.75, 3.05) is 6.61 Å². The zero-order valence-corrected chi connectivity index (χ0v) is 15.8.